The lowest BCUT2D eigenvalue weighted by Gasteiger charge is -2.32. The van der Waals surface area contributed by atoms with Crippen LogP contribution in [0.2, 0.25) is 0 Å². The van der Waals surface area contributed by atoms with Crippen LogP contribution in [0.5, 0.6) is 11.5 Å². The zero-order valence-corrected chi connectivity index (χ0v) is 17.5. The number of piperazine rings is 1. The quantitative estimate of drug-likeness (QED) is 0.822. The lowest BCUT2D eigenvalue weighted by molar-refractivity contribution is -0.134. The fourth-order valence-electron chi connectivity index (χ4n) is 1.96. The number of nitrogens with zero attached hydrogens (tertiary/aromatic N) is 2. The van der Waals surface area contributed by atoms with E-state index < -0.39 is 0 Å². The number of ether oxygens (including phenoxy) is 2. The minimum absolute atomic E-state index is 0.0453. The lowest BCUT2D eigenvalue weighted by atomic mass is 10.3. The number of hydrogen-bond acceptors (Lipinski definition) is 4. The third-order valence-electron chi connectivity index (χ3n) is 3.28. The molecule has 146 valence electrons. The van der Waals surface area contributed by atoms with Crippen LogP contribution in [-0.4, -0.2) is 62.7 Å². The smallest absolute Gasteiger partial charge is 0.260 e. The summed E-state index contributed by atoms with van der Waals surface area (Å²) in [5, 5.41) is 0. The monoisotopic (exact) mass is 354 g/mol. The maximum atomic E-state index is 12.0. The van der Waals surface area contributed by atoms with Gasteiger partial charge in [0, 0.05) is 26.2 Å². The molecule has 0 bridgehead atoms. The highest BCUT2D eigenvalue weighted by Crippen LogP contribution is 2.17. The first-order chi connectivity index (χ1) is 12.2. The van der Waals surface area contributed by atoms with Crippen molar-refractivity contribution in [3.05, 3.63) is 24.3 Å². The van der Waals surface area contributed by atoms with Gasteiger partial charge in [-0.3, -0.25) is 4.79 Å². The van der Waals surface area contributed by atoms with Gasteiger partial charge in [0.2, 0.25) is 0 Å². The predicted octanol–water partition coefficient (Wildman–Crippen LogP) is 3.93. The van der Waals surface area contributed by atoms with E-state index in [1.165, 1.54) is 0 Å². The molecule has 1 saturated heterocycles. The number of carbonyl (C=O) groups is 1. The zero-order chi connectivity index (χ0) is 19.7. The summed E-state index contributed by atoms with van der Waals surface area (Å²) in [7, 11) is 3.68. The second-order valence-electron chi connectivity index (χ2n) is 4.65. The minimum atomic E-state index is 0.0453. The Kier molecular flexibility index (Phi) is 17.4. The van der Waals surface area contributed by atoms with Crippen molar-refractivity contribution in [1.82, 2.24) is 9.80 Å². The second-order valence-corrected chi connectivity index (χ2v) is 4.65. The standard InChI is InChI=1S/C14H20N2O3.3C2H6/c1-15-7-9-16(10-8-15)14(17)11-19-13-5-3-12(18-2)4-6-13;3*1-2/h3-6H,7-11H2,1-2H3;3*1-2H3. The molecule has 1 fully saturated rings. The molecule has 0 unspecified atom stereocenters. The topological polar surface area (TPSA) is 42.0 Å². The van der Waals surface area contributed by atoms with Crippen LogP contribution in [0.3, 0.4) is 0 Å². The third kappa shape index (κ3) is 10.7. The SMILES string of the molecule is CC.CC.CC.COc1ccc(OCC(=O)N2CCN(C)CC2)cc1. The van der Waals surface area contributed by atoms with Gasteiger partial charge in [-0.1, -0.05) is 41.5 Å². The van der Waals surface area contributed by atoms with Crippen LogP contribution in [0.15, 0.2) is 24.3 Å². The number of hydrogen-bond donors (Lipinski definition) is 0. The van der Waals surface area contributed by atoms with Crippen LogP contribution in [0.25, 0.3) is 0 Å². The molecule has 0 aliphatic carbocycles. The van der Waals surface area contributed by atoms with Gasteiger partial charge >= 0.3 is 0 Å². The summed E-state index contributed by atoms with van der Waals surface area (Å²) < 4.78 is 10.6. The van der Waals surface area contributed by atoms with Gasteiger partial charge in [0.25, 0.3) is 5.91 Å². The summed E-state index contributed by atoms with van der Waals surface area (Å²) in [5.74, 6) is 1.50. The number of amides is 1. The normalized spacial score (nSPS) is 13.0. The number of benzene rings is 1. The molecule has 5 heteroatoms. The molecule has 0 atom stereocenters. The molecule has 0 saturated carbocycles. The average molecular weight is 355 g/mol. The summed E-state index contributed by atoms with van der Waals surface area (Å²) in [6.45, 7) is 15.5. The summed E-state index contributed by atoms with van der Waals surface area (Å²) in [6.07, 6.45) is 0. The Morgan fingerprint density at radius 3 is 1.76 bits per heavy atom. The van der Waals surface area contributed by atoms with Crippen LogP contribution in [-0.2, 0) is 4.79 Å². The van der Waals surface area contributed by atoms with Gasteiger partial charge in [-0.15, -0.1) is 0 Å². The van der Waals surface area contributed by atoms with Gasteiger partial charge in [0.15, 0.2) is 6.61 Å². The molecule has 0 N–H and O–H groups in total. The lowest BCUT2D eigenvalue weighted by Crippen LogP contribution is -2.48. The van der Waals surface area contributed by atoms with Crippen molar-refractivity contribution in [2.45, 2.75) is 41.5 Å². The van der Waals surface area contributed by atoms with Gasteiger partial charge < -0.3 is 19.3 Å². The molecule has 0 spiro atoms. The fraction of sp³-hybridized carbons (Fsp3) is 0.650. The number of likely N-dealkylation sites (N-methyl/N-ethyl adjacent to an activating group) is 1. The van der Waals surface area contributed by atoms with Crippen LogP contribution < -0.4 is 9.47 Å². The summed E-state index contributed by atoms with van der Waals surface area (Å²) >= 11 is 0. The highest BCUT2D eigenvalue weighted by atomic mass is 16.5. The molecule has 1 aliphatic heterocycles. The van der Waals surface area contributed by atoms with Gasteiger partial charge in [0.05, 0.1) is 7.11 Å². The Hall–Kier alpha value is -1.75. The molecular weight excluding hydrogens is 316 g/mol. The molecule has 1 heterocycles. The van der Waals surface area contributed by atoms with E-state index in [1.807, 2.05) is 58.6 Å². The predicted molar refractivity (Wildman–Crippen MR) is 107 cm³/mol. The van der Waals surface area contributed by atoms with Crippen molar-refractivity contribution in [1.29, 1.82) is 0 Å². The Labute approximate surface area is 154 Å². The maximum Gasteiger partial charge on any atom is 0.260 e. The van der Waals surface area contributed by atoms with Gasteiger partial charge in [-0.05, 0) is 31.3 Å². The van der Waals surface area contributed by atoms with E-state index in [0.29, 0.717) is 5.75 Å². The Morgan fingerprint density at radius 2 is 1.32 bits per heavy atom. The zero-order valence-electron chi connectivity index (χ0n) is 17.5. The van der Waals surface area contributed by atoms with E-state index >= 15 is 0 Å². The molecule has 2 rings (SSSR count). The molecule has 1 aromatic carbocycles. The number of rotatable bonds is 4. The molecular formula is C20H38N2O3. The largest absolute Gasteiger partial charge is 0.497 e. The second kappa shape index (κ2) is 17.1. The van der Waals surface area contributed by atoms with E-state index in [1.54, 1.807) is 19.2 Å². The Bertz CT molecular complexity index is 413. The molecule has 1 amide bonds. The number of methoxy groups -OCH3 is 1. The van der Waals surface area contributed by atoms with Crippen molar-refractivity contribution in [2.75, 3.05) is 46.9 Å². The van der Waals surface area contributed by atoms with E-state index in [4.69, 9.17) is 9.47 Å². The Morgan fingerprint density at radius 1 is 0.880 bits per heavy atom. The minimum Gasteiger partial charge on any atom is -0.497 e. The summed E-state index contributed by atoms with van der Waals surface area (Å²) in [5.41, 5.74) is 0. The van der Waals surface area contributed by atoms with E-state index in [9.17, 15) is 4.79 Å². The highest BCUT2D eigenvalue weighted by Gasteiger charge is 2.19. The van der Waals surface area contributed by atoms with Crippen LogP contribution in [0, 0.1) is 0 Å². The van der Waals surface area contributed by atoms with Gasteiger partial charge in [-0.25, -0.2) is 0 Å². The molecule has 25 heavy (non-hydrogen) atoms. The third-order valence-corrected chi connectivity index (χ3v) is 3.28. The molecule has 1 aliphatic rings. The first-order valence-corrected chi connectivity index (χ1v) is 9.42. The van der Waals surface area contributed by atoms with Gasteiger partial charge in [-0.2, -0.15) is 0 Å². The maximum absolute atomic E-state index is 12.0. The van der Waals surface area contributed by atoms with E-state index in [2.05, 4.69) is 11.9 Å². The van der Waals surface area contributed by atoms with Crippen LogP contribution in [0.4, 0.5) is 0 Å². The summed E-state index contributed by atoms with van der Waals surface area (Å²) in [4.78, 5) is 16.0. The van der Waals surface area contributed by atoms with Crippen molar-refractivity contribution < 1.29 is 14.3 Å². The van der Waals surface area contributed by atoms with Crippen molar-refractivity contribution in [2.24, 2.45) is 0 Å². The Balaban J connectivity index is 0. The fourth-order valence-corrected chi connectivity index (χ4v) is 1.96. The van der Waals surface area contributed by atoms with E-state index in [-0.39, 0.29) is 12.5 Å². The molecule has 5 nitrogen and oxygen atoms in total. The highest BCUT2D eigenvalue weighted by molar-refractivity contribution is 5.77. The average Bonchev–Trinajstić information content (AvgIpc) is 2.71. The molecule has 1 aromatic rings. The van der Waals surface area contributed by atoms with Crippen molar-refractivity contribution in [3.8, 4) is 11.5 Å². The van der Waals surface area contributed by atoms with Crippen LogP contribution >= 0.6 is 0 Å². The van der Waals surface area contributed by atoms with Crippen molar-refractivity contribution in [3.63, 3.8) is 0 Å². The first-order valence-electron chi connectivity index (χ1n) is 9.42. The first kappa shape index (κ1) is 25.5. The van der Waals surface area contributed by atoms with Crippen LogP contribution in [0.1, 0.15) is 41.5 Å². The van der Waals surface area contributed by atoms with Crippen molar-refractivity contribution >= 4 is 5.91 Å². The molecule has 0 radical (unpaired) electrons. The summed E-state index contributed by atoms with van der Waals surface area (Å²) in [6, 6.07) is 7.23. The van der Waals surface area contributed by atoms with Gasteiger partial charge in [0.1, 0.15) is 11.5 Å². The molecule has 0 aromatic heterocycles. The van der Waals surface area contributed by atoms with E-state index in [0.717, 1.165) is 31.9 Å². The number of carbonyl (C=O) groups excluding carboxylic acids is 1.